The fourth-order valence-electron chi connectivity index (χ4n) is 2.22. The van der Waals surface area contributed by atoms with E-state index in [1.54, 1.807) is 0 Å². The van der Waals surface area contributed by atoms with E-state index >= 15 is 0 Å². The Balaban J connectivity index is 2.57. The van der Waals surface area contributed by atoms with E-state index < -0.39 is 0 Å². The summed E-state index contributed by atoms with van der Waals surface area (Å²) in [6.07, 6.45) is 0.805. The number of hydrogen-bond acceptors (Lipinski definition) is 4. The van der Waals surface area contributed by atoms with Gasteiger partial charge in [-0.05, 0) is 12.3 Å². The summed E-state index contributed by atoms with van der Waals surface area (Å²) in [6, 6.07) is 2.14. The smallest absolute Gasteiger partial charge is 0.243 e. The Morgan fingerprint density at radius 3 is 2.82 bits per heavy atom. The van der Waals surface area contributed by atoms with Crippen LogP contribution in [0.5, 0.6) is 5.88 Å². The fourth-order valence-corrected chi connectivity index (χ4v) is 2.22. The molecule has 1 aliphatic rings. The second-order valence-corrected chi connectivity index (χ2v) is 4.46. The number of allylic oxidation sites excluding steroid dienone is 1. The average molecular weight is 232 g/mol. The van der Waals surface area contributed by atoms with Gasteiger partial charge in [-0.2, -0.15) is 5.26 Å². The number of H-pyrrole nitrogens is 1. The molecule has 0 spiro atoms. The number of nitrogens with zero attached hydrogens (tertiary/aromatic N) is 2. The van der Waals surface area contributed by atoms with Crippen molar-refractivity contribution in [1.82, 2.24) is 10.2 Å². The van der Waals surface area contributed by atoms with E-state index in [1.165, 1.54) is 0 Å². The molecule has 0 saturated carbocycles. The highest BCUT2D eigenvalue weighted by molar-refractivity contribution is 5.49. The van der Waals surface area contributed by atoms with Gasteiger partial charge < -0.3 is 10.5 Å². The Bertz CT molecular complexity index is 507. The summed E-state index contributed by atoms with van der Waals surface area (Å²) in [5.41, 5.74) is 8.24. The molecule has 0 aromatic carbocycles. The summed E-state index contributed by atoms with van der Waals surface area (Å²) < 4.78 is 5.39. The minimum Gasteiger partial charge on any atom is -0.420 e. The highest BCUT2D eigenvalue weighted by atomic mass is 16.5. The monoisotopic (exact) mass is 232 g/mol. The van der Waals surface area contributed by atoms with Gasteiger partial charge in [0.25, 0.3) is 0 Å². The zero-order valence-electron chi connectivity index (χ0n) is 10.2. The standard InChI is InChI=1S/C12H16N4O/c1-4-7-8(5-13)11(14)17-12-9(7)10(6(2)3)15-16-12/h6-7H,4,14H2,1-3H3,(H,15,16)/t7-/m0/s1. The van der Waals surface area contributed by atoms with Crippen LogP contribution in [-0.4, -0.2) is 10.2 Å². The zero-order valence-corrected chi connectivity index (χ0v) is 10.2. The number of nitrogens with two attached hydrogens (primary N) is 1. The summed E-state index contributed by atoms with van der Waals surface area (Å²) >= 11 is 0. The van der Waals surface area contributed by atoms with Crippen molar-refractivity contribution in [2.24, 2.45) is 5.73 Å². The Kier molecular flexibility index (Phi) is 2.80. The first kappa shape index (κ1) is 11.5. The number of ether oxygens (including phenoxy) is 1. The molecule has 0 aliphatic carbocycles. The predicted octanol–water partition coefficient (Wildman–Crippen LogP) is 2.11. The minimum atomic E-state index is -0.0140. The van der Waals surface area contributed by atoms with Crippen LogP contribution in [0.1, 0.15) is 50.3 Å². The molecule has 1 aromatic rings. The summed E-state index contributed by atoms with van der Waals surface area (Å²) in [6.45, 7) is 6.18. The lowest BCUT2D eigenvalue weighted by molar-refractivity contribution is 0.372. The highest BCUT2D eigenvalue weighted by Crippen LogP contribution is 2.42. The molecule has 1 atom stereocenters. The molecular formula is C12H16N4O. The molecule has 1 aliphatic heterocycles. The number of aromatic amines is 1. The molecule has 90 valence electrons. The van der Waals surface area contributed by atoms with E-state index in [2.05, 4.69) is 30.1 Å². The van der Waals surface area contributed by atoms with E-state index in [9.17, 15) is 0 Å². The van der Waals surface area contributed by atoms with Crippen LogP contribution in [0, 0.1) is 11.3 Å². The van der Waals surface area contributed by atoms with Crippen LogP contribution in [0.2, 0.25) is 0 Å². The highest BCUT2D eigenvalue weighted by Gasteiger charge is 2.33. The number of hydrogen-bond donors (Lipinski definition) is 2. The van der Waals surface area contributed by atoms with Crippen LogP contribution in [0.4, 0.5) is 0 Å². The molecule has 0 radical (unpaired) electrons. The number of rotatable bonds is 2. The minimum absolute atomic E-state index is 0.0140. The first-order valence-electron chi connectivity index (χ1n) is 5.75. The van der Waals surface area contributed by atoms with Gasteiger partial charge in [-0.15, -0.1) is 5.10 Å². The Morgan fingerprint density at radius 1 is 1.59 bits per heavy atom. The maximum atomic E-state index is 9.16. The van der Waals surface area contributed by atoms with E-state index in [-0.39, 0.29) is 11.8 Å². The van der Waals surface area contributed by atoms with Gasteiger partial charge in [-0.3, -0.25) is 5.10 Å². The fraction of sp³-hybridized carbons (Fsp3) is 0.500. The van der Waals surface area contributed by atoms with Crippen molar-refractivity contribution < 1.29 is 4.74 Å². The van der Waals surface area contributed by atoms with Crippen molar-refractivity contribution in [3.05, 3.63) is 22.7 Å². The van der Waals surface area contributed by atoms with Crippen molar-refractivity contribution in [3.8, 4) is 11.9 Å². The Labute approximate surface area is 100 Å². The molecule has 0 amide bonds. The van der Waals surface area contributed by atoms with Crippen LogP contribution < -0.4 is 10.5 Å². The molecule has 1 aromatic heterocycles. The van der Waals surface area contributed by atoms with Gasteiger partial charge in [0.15, 0.2) is 0 Å². The third-order valence-corrected chi connectivity index (χ3v) is 3.07. The second-order valence-electron chi connectivity index (χ2n) is 4.46. The maximum Gasteiger partial charge on any atom is 0.243 e. The van der Waals surface area contributed by atoms with Crippen LogP contribution in [0.3, 0.4) is 0 Å². The molecule has 5 nitrogen and oxygen atoms in total. The molecule has 2 heterocycles. The quantitative estimate of drug-likeness (QED) is 0.817. The van der Waals surface area contributed by atoms with Gasteiger partial charge in [-0.1, -0.05) is 20.8 Å². The number of nitriles is 1. The normalized spacial score (nSPS) is 18.9. The number of aromatic nitrogens is 2. The number of fused-ring (bicyclic) bond motifs is 1. The first-order valence-corrected chi connectivity index (χ1v) is 5.75. The van der Waals surface area contributed by atoms with E-state index in [1.807, 2.05) is 6.92 Å². The van der Waals surface area contributed by atoms with Crippen LogP contribution >= 0.6 is 0 Å². The maximum absolute atomic E-state index is 9.16. The van der Waals surface area contributed by atoms with Crippen LogP contribution in [0.25, 0.3) is 0 Å². The van der Waals surface area contributed by atoms with E-state index in [0.717, 1.165) is 17.7 Å². The second kappa shape index (κ2) is 4.13. The third kappa shape index (κ3) is 1.66. The largest absolute Gasteiger partial charge is 0.420 e. The molecule has 0 bridgehead atoms. The van der Waals surface area contributed by atoms with Gasteiger partial charge in [0.05, 0.1) is 5.57 Å². The number of nitrogens with one attached hydrogen (secondary N) is 1. The topological polar surface area (TPSA) is 87.7 Å². The Hall–Kier alpha value is -1.96. The lowest BCUT2D eigenvalue weighted by Gasteiger charge is -2.23. The average Bonchev–Trinajstić information content (AvgIpc) is 2.70. The predicted molar refractivity (Wildman–Crippen MR) is 63.2 cm³/mol. The SMILES string of the molecule is CC[C@H]1C(C#N)=C(N)Oc2n[nH]c(C(C)C)c21. The molecule has 0 saturated heterocycles. The van der Waals surface area contributed by atoms with Gasteiger partial charge in [0, 0.05) is 17.2 Å². The van der Waals surface area contributed by atoms with E-state index in [0.29, 0.717) is 17.4 Å². The van der Waals surface area contributed by atoms with Crippen molar-refractivity contribution in [1.29, 1.82) is 5.26 Å². The lowest BCUT2D eigenvalue weighted by atomic mass is 9.86. The summed E-state index contributed by atoms with van der Waals surface area (Å²) in [5.74, 6) is 0.980. The molecule has 0 fully saturated rings. The van der Waals surface area contributed by atoms with Gasteiger partial charge >= 0.3 is 0 Å². The summed E-state index contributed by atoms with van der Waals surface area (Å²) in [4.78, 5) is 0. The Morgan fingerprint density at radius 2 is 2.29 bits per heavy atom. The molecule has 17 heavy (non-hydrogen) atoms. The molecular weight excluding hydrogens is 216 g/mol. The van der Waals surface area contributed by atoms with Crippen molar-refractivity contribution in [2.45, 2.75) is 39.0 Å². The summed E-state index contributed by atoms with van der Waals surface area (Å²) in [5, 5.41) is 16.3. The van der Waals surface area contributed by atoms with Gasteiger partial charge in [-0.25, -0.2) is 0 Å². The summed E-state index contributed by atoms with van der Waals surface area (Å²) in [7, 11) is 0. The van der Waals surface area contributed by atoms with Gasteiger partial charge in [0.1, 0.15) is 6.07 Å². The van der Waals surface area contributed by atoms with E-state index in [4.69, 9.17) is 15.7 Å². The molecule has 0 unspecified atom stereocenters. The van der Waals surface area contributed by atoms with Crippen molar-refractivity contribution >= 4 is 0 Å². The third-order valence-electron chi connectivity index (χ3n) is 3.07. The zero-order chi connectivity index (χ0) is 12.6. The molecule has 5 heteroatoms. The molecule has 3 N–H and O–H groups in total. The lowest BCUT2D eigenvalue weighted by Crippen LogP contribution is -2.20. The van der Waals surface area contributed by atoms with Gasteiger partial charge in [0.2, 0.25) is 11.8 Å². The van der Waals surface area contributed by atoms with Crippen LogP contribution in [-0.2, 0) is 0 Å². The first-order chi connectivity index (χ1) is 8.10. The van der Waals surface area contributed by atoms with Crippen LogP contribution in [0.15, 0.2) is 11.5 Å². The van der Waals surface area contributed by atoms with Crippen molar-refractivity contribution in [3.63, 3.8) is 0 Å². The van der Waals surface area contributed by atoms with Crippen molar-refractivity contribution in [2.75, 3.05) is 0 Å². The molecule has 2 rings (SSSR count).